The highest BCUT2D eigenvalue weighted by atomic mass is 16.2. The molecule has 1 saturated carbocycles. The number of aromatic nitrogens is 3. The highest BCUT2D eigenvalue weighted by molar-refractivity contribution is 5.88. The molecule has 2 aromatic rings. The van der Waals surface area contributed by atoms with Crippen molar-refractivity contribution in [2.75, 3.05) is 5.32 Å². The molecule has 2 aromatic heterocycles. The molecule has 0 spiro atoms. The molecule has 116 valence electrons. The Morgan fingerprint density at radius 2 is 2.14 bits per heavy atom. The molecule has 2 heterocycles. The first-order chi connectivity index (χ1) is 10.6. The summed E-state index contributed by atoms with van der Waals surface area (Å²) in [5.41, 5.74) is 0.970. The van der Waals surface area contributed by atoms with E-state index >= 15 is 0 Å². The van der Waals surface area contributed by atoms with Crippen LogP contribution in [0.25, 0.3) is 0 Å². The summed E-state index contributed by atoms with van der Waals surface area (Å²) < 4.78 is 1.89. The molecule has 2 N–H and O–H groups in total. The van der Waals surface area contributed by atoms with Gasteiger partial charge in [-0.05, 0) is 44.2 Å². The lowest BCUT2D eigenvalue weighted by Crippen LogP contribution is -2.32. The molecular weight excluding hydrogens is 278 g/mol. The zero-order valence-electron chi connectivity index (χ0n) is 12.9. The number of anilines is 1. The molecule has 0 radical (unpaired) electrons. The Labute approximate surface area is 129 Å². The minimum Gasteiger partial charge on any atom is -0.331 e. The SMILES string of the molecule is C[C@H](NC(=O)Nc1ccnn1[C@H](C)C1CC1)c1cccnc1. The van der Waals surface area contributed by atoms with Crippen molar-refractivity contribution in [3.8, 4) is 0 Å². The highest BCUT2D eigenvalue weighted by Crippen LogP contribution is 2.40. The quantitative estimate of drug-likeness (QED) is 0.891. The van der Waals surface area contributed by atoms with Gasteiger partial charge in [0.2, 0.25) is 0 Å². The van der Waals surface area contributed by atoms with Gasteiger partial charge >= 0.3 is 6.03 Å². The van der Waals surface area contributed by atoms with E-state index in [1.54, 1.807) is 18.6 Å². The van der Waals surface area contributed by atoms with Crippen LogP contribution in [0.15, 0.2) is 36.8 Å². The second-order valence-corrected chi connectivity index (χ2v) is 5.85. The van der Waals surface area contributed by atoms with Gasteiger partial charge in [0.25, 0.3) is 0 Å². The second-order valence-electron chi connectivity index (χ2n) is 5.85. The predicted octanol–water partition coefficient (Wildman–Crippen LogP) is 3.13. The molecule has 0 saturated heterocycles. The fourth-order valence-electron chi connectivity index (χ4n) is 2.58. The largest absolute Gasteiger partial charge is 0.331 e. The molecular formula is C16H21N5O. The van der Waals surface area contributed by atoms with E-state index in [4.69, 9.17) is 0 Å². The molecule has 6 nitrogen and oxygen atoms in total. The van der Waals surface area contributed by atoms with Gasteiger partial charge in [-0.25, -0.2) is 9.48 Å². The average Bonchev–Trinajstić information content (AvgIpc) is 3.28. The van der Waals surface area contributed by atoms with Gasteiger partial charge in [0.05, 0.1) is 18.3 Å². The first-order valence-electron chi connectivity index (χ1n) is 7.66. The van der Waals surface area contributed by atoms with Gasteiger partial charge in [0.15, 0.2) is 0 Å². The van der Waals surface area contributed by atoms with Crippen LogP contribution in [-0.2, 0) is 0 Å². The lowest BCUT2D eigenvalue weighted by atomic mass is 10.1. The molecule has 0 unspecified atom stereocenters. The van der Waals surface area contributed by atoms with Crippen molar-refractivity contribution in [1.82, 2.24) is 20.1 Å². The Bertz CT molecular complexity index is 635. The molecule has 0 aromatic carbocycles. The fraction of sp³-hybridized carbons (Fsp3) is 0.438. The summed E-state index contributed by atoms with van der Waals surface area (Å²) in [7, 11) is 0. The number of urea groups is 1. The number of nitrogens with zero attached hydrogens (tertiary/aromatic N) is 3. The molecule has 0 bridgehead atoms. The van der Waals surface area contributed by atoms with Crippen LogP contribution in [0.5, 0.6) is 0 Å². The van der Waals surface area contributed by atoms with Gasteiger partial charge in [-0.15, -0.1) is 0 Å². The van der Waals surface area contributed by atoms with Gasteiger partial charge < -0.3 is 5.32 Å². The zero-order valence-corrected chi connectivity index (χ0v) is 12.9. The maximum Gasteiger partial charge on any atom is 0.320 e. The van der Waals surface area contributed by atoms with Crippen LogP contribution in [0.4, 0.5) is 10.6 Å². The minimum atomic E-state index is -0.235. The summed E-state index contributed by atoms with van der Waals surface area (Å²) in [6.07, 6.45) is 7.67. The van der Waals surface area contributed by atoms with Crippen LogP contribution < -0.4 is 10.6 Å². The molecule has 1 aliphatic carbocycles. The Morgan fingerprint density at radius 3 is 2.82 bits per heavy atom. The van der Waals surface area contributed by atoms with Crippen molar-refractivity contribution in [2.24, 2.45) is 5.92 Å². The van der Waals surface area contributed by atoms with Gasteiger partial charge in [-0.3, -0.25) is 10.3 Å². The Hall–Kier alpha value is -2.37. The summed E-state index contributed by atoms with van der Waals surface area (Å²) in [4.78, 5) is 16.2. The molecule has 1 fully saturated rings. The number of carbonyl (C=O) groups is 1. The third-order valence-corrected chi connectivity index (χ3v) is 4.13. The summed E-state index contributed by atoms with van der Waals surface area (Å²) in [5.74, 6) is 1.41. The van der Waals surface area contributed by atoms with E-state index in [1.165, 1.54) is 12.8 Å². The number of carbonyl (C=O) groups excluding carboxylic acids is 1. The number of hydrogen-bond donors (Lipinski definition) is 2. The van der Waals surface area contributed by atoms with E-state index in [1.807, 2.05) is 29.8 Å². The van der Waals surface area contributed by atoms with Crippen molar-refractivity contribution in [1.29, 1.82) is 0 Å². The molecule has 3 rings (SSSR count). The Balaban J connectivity index is 1.61. The van der Waals surface area contributed by atoms with Crippen molar-refractivity contribution >= 4 is 11.8 Å². The predicted molar refractivity (Wildman–Crippen MR) is 84.5 cm³/mol. The summed E-state index contributed by atoms with van der Waals surface area (Å²) in [5, 5.41) is 10.1. The van der Waals surface area contributed by atoms with Crippen LogP contribution in [0, 0.1) is 5.92 Å². The molecule has 2 atom stereocenters. The number of nitrogens with one attached hydrogen (secondary N) is 2. The van der Waals surface area contributed by atoms with Gasteiger partial charge in [-0.2, -0.15) is 5.10 Å². The van der Waals surface area contributed by atoms with E-state index in [0.29, 0.717) is 12.0 Å². The summed E-state index contributed by atoms with van der Waals surface area (Å²) >= 11 is 0. The topological polar surface area (TPSA) is 71.8 Å². The molecule has 22 heavy (non-hydrogen) atoms. The Morgan fingerprint density at radius 1 is 1.32 bits per heavy atom. The van der Waals surface area contributed by atoms with Gasteiger partial charge in [0, 0.05) is 18.5 Å². The standard InChI is InChI=1S/C16H21N5O/c1-11(14-4-3-8-17-10-14)19-16(22)20-15-7-9-18-21(15)12(2)13-5-6-13/h3-4,7-13H,5-6H2,1-2H3,(H2,19,20,22)/t11-,12+/m0/s1. The minimum absolute atomic E-state index is 0.106. The van der Waals surface area contributed by atoms with Gasteiger partial charge in [-0.1, -0.05) is 6.07 Å². The smallest absolute Gasteiger partial charge is 0.320 e. The third-order valence-electron chi connectivity index (χ3n) is 4.13. The van der Waals surface area contributed by atoms with Crippen LogP contribution in [-0.4, -0.2) is 20.8 Å². The van der Waals surface area contributed by atoms with Crippen molar-refractivity contribution in [3.63, 3.8) is 0 Å². The molecule has 0 aliphatic heterocycles. The highest BCUT2D eigenvalue weighted by Gasteiger charge is 2.30. The second kappa shape index (κ2) is 6.17. The number of hydrogen-bond acceptors (Lipinski definition) is 3. The van der Waals surface area contributed by atoms with Crippen LogP contribution in [0.3, 0.4) is 0 Å². The third kappa shape index (κ3) is 3.27. The van der Waals surface area contributed by atoms with Crippen LogP contribution in [0.2, 0.25) is 0 Å². The van der Waals surface area contributed by atoms with E-state index in [-0.39, 0.29) is 12.1 Å². The van der Waals surface area contributed by atoms with E-state index in [9.17, 15) is 4.79 Å². The molecule has 6 heteroatoms. The lowest BCUT2D eigenvalue weighted by molar-refractivity contribution is 0.249. The lowest BCUT2D eigenvalue weighted by Gasteiger charge is -2.17. The van der Waals surface area contributed by atoms with Crippen LogP contribution in [0.1, 0.15) is 44.3 Å². The Kier molecular flexibility index (Phi) is 4.09. The first-order valence-corrected chi connectivity index (χ1v) is 7.66. The fourth-order valence-corrected chi connectivity index (χ4v) is 2.58. The average molecular weight is 299 g/mol. The molecule has 2 amide bonds. The van der Waals surface area contributed by atoms with E-state index in [0.717, 1.165) is 11.4 Å². The number of pyridine rings is 1. The monoisotopic (exact) mass is 299 g/mol. The van der Waals surface area contributed by atoms with Crippen molar-refractivity contribution in [2.45, 2.75) is 38.8 Å². The maximum atomic E-state index is 12.2. The number of rotatable bonds is 5. The first kappa shape index (κ1) is 14.6. The van der Waals surface area contributed by atoms with E-state index < -0.39 is 0 Å². The molecule has 1 aliphatic rings. The van der Waals surface area contributed by atoms with E-state index in [2.05, 4.69) is 27.6 Å². The van der Waals surface area contributed by atoms with Crippen LogP contribution >= 0.6 is 0 Å². The van der Waals surface area contributed by atoms with Crippen molar-refractivity contribution < 1.29 is 4.79 Å². The summed E-state index contributed by atoms with van der Waals surface area (Å²) in [6, 6.07) is 5.61. The normalized spacial score (nSPS) is 16.8. The summed E-state index contributed by atoms with van der Waals surface area (Å²) in [6.45, 7) is 4.08. The zero-order chi connectivity index (χ0) is 15.5. The maximum absolute atomic E-state index is 12.2. The van der Waals surface area contributed by atoms with Gasteiger partial charge in [0.1, 0.15) is 5.82 Å². The number of amides is 2. The van der Waals surface area contributed by atoms with Crippen molar-refractivity contribution in [3.05, 3.63) is 42.4 Å².